The van der Waals surface area contributed by atoms with E-state index < -0.39 is 0 Å². The van der Waals surface area contributed by atoms with Crippen LogP contribution in [0.15, 0.2) is 72.6 Å². The molecule has 0 N–H and O–H groups in total. The molecule has 0 atom stereocenters. The Morgan fingerprint density at radius 2 is 1.74 bits per heavy atom. The number of nitrogens with zero attached hydrogens (tertiary/aromatic N) is 6. The average molecular weight is 431 g/mol. The molecule has 1 saturated heterocycles. The molecular weight excluding hydrogens is 408 g/mol. The summed E-state index contributed by atoms with van der Waals surface area (Å²) in [5.41, 5.74) is 3.83. The largest absolute Gasteiger partial charge is 0.336 e. The van der Waals surface area contributed by atoms with E-state index in [0.29, 0.717) is 5.56 Å². The van der Waals surface area contributed by atoms with E-state index in [-0.39, 0.29) is 5.91 Å². The van der Waals surface area contributed by atoms with Gasteiger partial charge in [0.2, 0.25) is 0 Å². The van der Waals surface area contributed by atoms with Crippen molar-refractivity contribution in [2.24, 2.45) is 0 Å². The van der Waals surface area contributed by atoms with E-state index >= 15 is 0 Å². The maximum absolute atomic E-state index is 12.9. The molecule has 1 fully saturated rings. The predicted octanol–water partition coefficient (Wildman–Crippen LogP) is 3.35. The molecule has 3 heterocycles. The maximum atomic E-state index is 12.9. The summed E-state index contributed by atoms with van der Waals surface area (Å²) in [5.74, 6) is 0.0739. The number of rotatable bonds is 5. The van der Waals surface area contributed by atoms with Crippen molar-refractivity contribution in [3.63, 3.8) is 0 Å². The molecule has 2 aromatic carbocycles. The van der Waals surface area contributed by atoms with E-state index in [1.165, 1.54) is 6.33 Å². The Bertz CT molecular complexity index is 1130. The van der Waals surface area contributed by atoms with Crippen molar-refractivity contribution in [1.82, 2.24) is 29.5 Å². The molecule has 31 heavy (non-hydrogen) atoms. The molecule has 0 spiro atoms. The van der Waals surface area contributed by atoms with Crippen LogP contribution < -0.4 is 0 Å². The molecule has 8 heteroatoms. The number of hydrogen-bond donors (Lipinski definition) is 0. The van der Waals surface area contributed by atoms with Crippen LogP contribution in [-0.4, -0.2) is 61.6 Å². The van der Waals surface area contributed by atoms with Crippen LogP contribution in [0, 0.1) is 0 Å². The first-order valence-corrected chi connectivity index (χ1v) is 11.1. The van der Waals surface area contributed by atoms with E-state index in [4.69, 9.17) is 4.98 Å². The Morgan fingerprint density at radius 3 is 2.45 bits per heavy atom. The summed E-state index contributed by atoms with van der Waals surface area (Å²) in [7, 11) is 0. The third-order valence-electron chi connectivity index (χ3n) is 5.42. The molecule has 1 amide bonds. The zero-order valence-corrected chi connectivity index (χ0v) is 17.8. The molecule has 7 nitrogen and oxygen atoms in total. The number of carbonyl (C=O) groups is 1. The van der Waals surface area contributed by atoms with Crippen LogP contribution in [0.5, 0.6) is 0 Å². The van der Waals surface area contributed by atoms with Gasteiger partial charge in [0.05, 0.1) is 11.4 Å². The van der Waals surface area contributed by atoms with E-state index in [9.17, 15) is 4.79 Å². The van der Waals surface area contributed by atoms with Crippen LogP contribution in [0.4, 0.5) is 0 Å². The Labute approximate surface area is 184 Å². The summed E-state index contributed by atoms with van der Waals surface area (Å²) in [4.78, 5) is 25.9. The van der Waals surface area contributed by atoms with E-state index in [1.807, 2.05) is 47.4 Å². The first-order valence-electron chi connectivity index (χ1n) is 10.2. The molecule has 0 unspecified atom stereocenters. The first-order chi connectivity index (χ1) is 15.3. The summed E-state index contributed by atoms with van der Waals surface area (Å²) in [6.45, 7) is 3.96. The second-order valence-corrected chi connectivity index (χ2v) is 8.32. The molecule has 0 radical (unpaired) electrons. The van der Waals surface area contributed by atoms with Gasteiger partial charge in [0.25, 0.3) is 5.91 Å². The highest BCUT2D eigenvalue weighted by molar-refractivity contribution is 7.13. The third-order valence-corrected chi connectivity index (χ3v) is 6.36. The van der Waals surface area contributed by atoms with Crippen LogP contribution in [-0.2, 0) is 6.54 Å². The monoisotopic (exact) mass is 430 g/mol. The Kier molecular flexibility index (Phi) is 5.56. The highest BCUT2D eigenvalue weighted by Gasteiger charge is 2.22. The van der Waals surface area contributed by atoms with Crippen molar-refractivity contribution in [3.8, 4) is 16.3 Å². The molecule has 0 aliphatic carbocycles. The molecule has 0 bridgehead atoms. The number of hydrogen-bond acceptors (Lipinski definition) is 6. The molecule has 2 aromatic heterocycles. The predicted molar refractivity (Wildman–Crippen MR) is 120 cm³/mol. The lowest BCUT2D eigenvalue weighted by Crippen LogP contribution is -2.48. The van der Waals surface area contributed by atoms with Gasteiger partial charge in [-0.1, -0.05) is 30.3 Å². The van der Waals surface area contributed by atoms with Crippen molar-refractivity contribution < 1.29 is 4.79 Å². The molecular formula is C23H22N6OS. The summed E-state index contributed by atoms with van der Waals surface area (Å²) in [6, 6.07) is 17.8. The Hall–Kier alpha value is -3.36. The van der Waals surface area contributed by atoms with Crippen LogP contribution in [0.2, 0.25) is 0 Å². The molecule has 1 aliphatic rings. The molecule has 1 aliphatic heterocycles. The van der Waals surface area contributed by atoms with Gasteiger partial charge in [-0.2, -0.15) is 5.10 Å². The molecule has 0 saturated carbocycles. The lowest BCUT2D eigenvalue weighted by Gasteiger charge is -2.34. The Morgan fingerprint density at radius 1 is 0.968 bits per heavy atom. The maximum Gasteiger partial charge on any atom is 0.253 e. The summed E-state index contributed by atoms with van der Waals surface area (Å²) in [5, 5.41) is 7.30. The molecule has 4 aromatic rings. The first kappa shape index (κ1) is 19.6. The van der Waals surface area contributed by atoms with E-state index in [2.05, 4.69) is 32.5 Å². The van der Waals surface area contributed by atoms with E-state index in [1.54, 1.807) is 22.3 Å². The van der Waals surface area contributed by atoms with Gasteiger partial charge in [0.15, 0.2) is 0 Å². The fraction of sp³-hybridized carbons (Fsp3) is 0.217. The van der Waals surface area contributed by atoms with Crippen molar-refractivity contribution >= 4 is 17.2 Å². The topological polar surface area (TPSA) is 67.2 Å². The van der Waals surface area contributed by atoms with Crippen molar-refractivity contribution in [3.05, 3.63) is 83.9 Å². The van der Waals surface area contributed by atoms with E-state index in [0.717, 1.165) is 54.7 Å². The lowest BCUT2D eigenvalue weighted by atomic mass is 10.1. The zero-order valence-electron chi connectivity index (χ0n) is 17.0. The van der Waals surface area contributed by atoms with Crippen molar-refractivity contribution in [2.45, 2.75) is 6.54 Å². The minimum Gasteiger partial charge on any atom is -0.336 e. The average Bonchev–Trinajstić information content (AvgIpc) is 3.53. The second-order valence-electron chi connectivity index (χ2n) is 7.47. The van der Waals surface area contributed by atoms with Crippen molar-refractivity contribution in [1.29, 1.82) is 0 Å². The van der Waals surface area contributed by atoms with Gasteiger partial charge in [-0.25, -0.2) is 14.6 Å². The zero-order chi connectivity index (χ0) is 21.0. The lowest BCUT2D eigenvalue weighted by molar-refractivity contribution is 0.0627. The summed E-state index contributed by atoms with van der Waals surface area (Å²) >= 11 is 1.68. The van der Waals surface area contributed by atoms with Gasteiger partial charge >= 0.3 is 0 Å². The van der Waals surface area contributed by atoms with Gasteiger partial charge in [-0.3, -0.25) is 9.69 Å². The number of benzene rings is 2. The number of amides is 1. The highest BCUT2D eigenvalue weighted by Crippen LogP contribution is 2.24. The Balaban J connectivity index is 1.16. The van der Waals surface area contributed by atoms with Crippen LogP contribution in [0.25, 0.3) is 16.3 Å². The number of carbonyl (C=O) groups excluding carboxylic acids is 1. The fourth-order valence-electron chi connectivity index (χ4n) is 3.71. The third kappa shape index (κ3) is 4.40. The number of aromatic nitrogens is 4. The standard InChI is InChI=1S/C23H22N6OS/c30-23(19-6-8-21(9-7-19)29-17-24-16-25-29)28-12-10-27(11-13-28)14-20-15-31-22(26-20)18-4-2-1-3-5-18/h1-9,15-17H,10-14H2. The van der Waals surface area contributed by atoms with Gasteiger partial charge < -0.3 is 4.90 Å². The van der Waals surface area contributed by atoms with Gasteiger partial charge in [0.1, 0.15) is 17.7 Å². The van der Waals surface area contributed by atoms with Crippen LogP contribution in [0.1, 0.15) is 16.1 Å². The second kappa shape index (κ2) is 8.79. The van der Waals surface area contributed by atoms with Crippen LogP contribution in [0.3, 0.4) is 0 Å². The summed E-state index contributed by atoms with van der Waals surface area (Å²) in [6.07, 6.45) is 3.13. The normalized spacial score (nSPS) is 14.6. The smallest absolute Gasteiger partial charge is 0.253 e. The SMILES string of the molecule is O=C(c1ccc(-n2cncn2)cc1)N1CCN(Cc2csc(-c3ccccc3)n2)CC1. The number of thiazole rings is 1. The summed E-state index contributed by atoms with van der Waals surface area (Å²) < 4.78 is 1.68. The van der Waals surface area contributed by atoms with Crippen molar-refractivity contribution in [2.75, 3.05) is 26.2 Å². The molecule has 5 rings (SSSR count). The number of piperazine rings is 1. The van der Waals surface area contributed by atoms with Gasteiger partial charge in [-0.15, -0.1) is 11.3 Å². The minimum absolute atomic E-state index is 0.0739. The van der Waals surface area contributed by atoms with Gasteiger partial charge in [-0.05, 0) is 24.3 Å². The molecule has 156 valence electrons. The quantitative estimate of drug-likeness (QED) is 0.486. The fourth-order valence-corrected chi connectivity index (χ4v) is 4.53. The highest BCUT2D eigenvalue weighted by atomic mass is 32.1. The minimum atomic E-state index is 0.0739. The van der Waals surface area contributed by atoms with Gasteiger partial charge in [0, 0.05) is 49.2 Å². The van der Waals surface area contributed by atoms with Crippen LogP contribution >= 0.6 is 11.3 Å².